The Hall–Kier alpha value is -2.60. The van der Waals surface area contributed by atoms with E-state index in [1.165, 1.54) is 35.1 Å². The number of hydrogen-bond acceptors (Lipinski definition) is 9. The van der Waals surface area contributed by atoms with Gasteiger partial charge in [0.2, 0.25) is 0 Å². The number of ether oxygens (including phenoxy) is 3. The summed E-state index contributed by atoms with van der Waals surface area (Å²) in [6.45, 7) is 16.4. The fourth-order valence-corrected chi connectivity index (χ4v) is 2.77. The van der Waals surface area contributed by atoms with Crippen molar-refractivity contribution in [2.24, 2.45) is 0 Å². The maximum absolute atomic E-state index is 11.9. The van der Waals surface area contributed by atoms with E-state index in [0.717, 1.165) is 9.80 Å². The molecule has 218 valence electrons. The van der Waals surface area contributed by atoms with Gasteiger partial charge in [0.15, 0.2) is 0 Å². The number of hydrogen-bond donors (Lipinski definition) is 3. The van der Waals surface area contributed by atoms with Crippen LogP contribution in [0.2, 0.25) is 0 Å². The van der Waals surface area contributed by atoms with E-state index in [9.17, 15) is 29.4 Å². The minimum atomic E-state index is -1.18. The zero-order valence-corrected chi connectivity index (χ0v) is 24.7. The highest BCUT2D eigenvalue weighted by atomic mass is 16.6. The molecule has 0 aliphatic carbocycles. The van der Waals surface area contributed by atoms with Crippen LogP contribution in [0.15, 0.2) is 0 Å². The SMILES string of the molecule is CN(C(=O)OC(C)(C)C)[C@@H](CC(C)(C)O)C(=O)O.COC(=O)[C@H](CC(C)(C)O)N(C)C(=O)OC(C)(C)C. The molecule has 0 saturated heterocycles. The van der Waals surface area contributed by atoms with Crippen molar-refractivity contribution in [3.05, 3.63) is 0 Å². The Morgan fingerprint density at radius 1 is 0.676 bits per heavy atom. The third-order valence-electron chi connectivity index (χ3n) is 4.44. The lowest BCUT2D eigenvalue weighted by molar-refractivity contribution is -0.148. The molecule has 2 amide bonds. The minimum Gasteiger partial charge on any atom is -0.480 e. The molecule has 0 aliphatic heterocycles. The van der Waals surface area contributed by atoms with Gasteiger partial charge in [0.05, 0.1) is 18.3 Å². The first kappa shape index (κ1) is 36.6. The molecule has 0 aromatic carbocycles. The van der Waals surface area contributed by atoms with Crippen LogP contribution in [-0.2, 0) is 23.8 Å². The lowest BCUT2D eigenvalue weighted by atomic mass is 9.98. The summed E-state index contributed by atoms with van der Waals surface area (Å²) in [5, 5.41) is 28.6. The van der Waals surface area contributed by atoms with E-state index in [0.29, 0.717) is 0 Å². The predicted octanol–water partition coefficient (Wildman–Crippen LogP) is 3.02. The van der Waals surface area contributed by atoms with Gasteiger partial charge in [0.1, 0.15) is 23.3 Å². The van der Waals surface area contributed by atoms with E-state index in [1.807, 2.05) is 0 Å². The van der Waals surface area contributed by atoms with Gasteiger partial charge < -0.3 is 29.5 Å². The van der Waals surface area contributed by atoms with Crippen molar-refractivity contribution in [2.45, 2.75) is 117 Å². The van der Waals surface area contributed by atoms with E-state index >= 15 is 0 Å². The molecule has 0 aliphatic rings. The van der Waals surface area contributed by atoms with E-state index in [2.05, 4.69) is 4.74 Å². The molecule has 3 N–H and O–H groups in total. The zero-order chi connectivity index (χ0) is 30.2. The maximum atomic E-state index is 11.9. The van der Waals surface area contributed by atoms with Crippen LogP contribution in [0.1, 0.15) is 82.1 Å². The minimum absolute atomic E-state index is 0.0649. The van der Waals surface area contributed by atoms with Crippen molar-refractivity contribution in [1.82, 2.24) is 9.80 Å². The normalized spacial score (nSPS) is 13.8. The number of carboxylic acid groups (broad SMARTS) is 1. The first-order valence-electron chi connectivity index (χ1n) is 11.9. The maximum Gasteiger partial charge on any atom is 0.410 e. The topological polar surface area (TPSA) is 163 Å². The highest BCUT2D eigenvalue weighted by Crippen LogP contribution is 2.19. The summed E-state index contributed by atoms with van der Waals surface area (Å²) in [6, 6.07) is -2.01. The molecule has 0 saturated carbocycles. The first-order valence-corrected chi connectivity index (χ1v) is 11.9. The van der Waals surface area contributed by atoms with Crippen molar-refractivity contribution in [3.8, 4) is 0 Å². The van der Waals surface area contributed by atoms with Crippen LogP contribution in [-0.4, -0.2) is 105 Å². The van der Waals surface area contributed by atoms with Gasteiger partial charge in [-0.15, -0.1) is 0 Å². The van der Waals surface area contributed by atoms with Crippen molar-refractivity contribution in [1.29, 1.82) is 0 Å². The monoisotopic (exact) mass is 536 g/mol. The molecule has 0 rings (SSSR count). The zero-order valence-electron chi connectivity index (χ0n) is 24.7. The van der Waals surface area contributed by atoms with Crippen molar-refractivity contribution in [3.63, 3.8) is 0 Å². The molecule has 0 aromatic heterocycles. The van der Waals surface area contributed by atoms with Gasteiger partial charge in [-0.25, -0.2) is 19.2 Å². The van der Waals surface area contributed by atoms with Crippen LogP contribution in [0, 0.1) is 0 Å². The summed E-state index contributed by atoms with van der Waals surface area (Å²) in [7, 11) is 4.03. The van der Waals surface area contributed by atoms with Gasteiger partial charge in [0.25, 0.3) is 0 Å². The number of carbonyl (C=O) groups is 4. The Balaban J connectivity index is 0. The van der Waals surface area contributed by atoms with Crippen LogP contribution >= 0.6 is 0 Å². The number of amides is 2. The molecule has 0 spiro atoms. The second kappa shape index (κ2) is 13.8. The molecular weight excluding hydrogens is 488 g/mol. The molecule has 37 heavy (non-hydrogen) atoms. The van der Waals surface area contributed by atoms with E-state index in [1.54, 1.807) is 55.4 Å². The Morgan fingerprint density at radius 2 is 0.973 bits per heavy atom. The fraction of sp³-hybridized carbons (Fsp3) is 0.840. The van der Waals surface area contributed by atoms with Gasteiger partial charge >= 0.3 is 24.1 Å². The van der Waals surface area contributed by atoms with Crippen LogP contribution in [0.3, 0.4) is 0 Å². The van der Waals surface area contributed by atoms with Gasteiger partial charge in [-0.1, -0.05) is 0 Å². The molecule has 12 heteroatoms. The van der Waals surface area contributed by atoms with Crippen molar-refractivity contribution >= 4 is 24.1 Å². The molecule has 0 aromatic rings. The lowest BCUT2D eigenvalue weighted by Crippen LogP contribution is -2.48. The molecule has 0 fully saturated rings. The molecule has 12 nitrogen and oxygen atoms in total. The molecule has 0 bridgehead atoms. The fourth-order valence-electron chi connectivity index (χ4n) is 2.77. The summed E-state index contributed by atoms with van der Waals surface area (Å²) in [5.74, 6) is -1.76. The number of esters is 1. The van der Waals surface area contributed by atoms with Crippen LogP contribution < -0.4 is 0 Å². The third-order valence-corrected chi connectivity index (χ3v) is 4.44. The number of likely N-dealkylation sites (N-methyl/N-ethyl adjacent to an activating group) is 2. The van der Waals surface area contributed by atoms with Gasteiger partial charge in [-0.3, -0.25) is 9.80 Å². The predicted molar refractivity (Wildman–Crippen MR) is 137 cm³/mol. The number of carboxylic acids is 1. The first-order chi connectivity index (χ1) is 16.2. The number of aliphatic carboxylic acids is 1. The smallest absolute Gasteiger partial charge is 0.410 e. The average Bonchev–Trinajstić information content (AvgIpc) is 2.64. The third kappa shape index (κ3) is 17.5. The van der Waals surface area contributed by atoms with Crippen LogP contribution in [0.4, 0.5) is 9.59 Å². The van der Waals surface area contributed by atoms with Crippen molar-refractivity contribution in [2.75, 3.05) is 21.2 Å². The van der Waals surface area contributed by atoms with Crippen LogP contribution in [0.25, 0.3) is 0 Å². The Morgan fingerprint density at radius 3 is 1.22 bits per heavy atom. The average molecular weight is 537 g/mol. The highest BCUT2D eigenvalue weighted by Gasteiger charge is 2.35. The van der Waals surface area contributed by atoms with Gasteiger partial charge in [-0.05, 0) is 69.2 Å². The number of methoxy groups -OCH3 is 1. The Bertz CT molecular complexity index is 770. The van der Waals surface area contributed by atoms with Crippen LogP contribution in [0.5, 0.6) is 0 Å². The molecule has 0 unspecified atom stereocenters. The van der Waals surface area contributed by atoms with E-state index in [4.69, 9.17) is 14.6 Å². The summed E-state index contributed by atoms with van der Waals surface area (Å²) >= 11 is 0. The van der Waals surface area contributed by atoms with E-state index in [-0.39, 0.29) is 12.8 Å². The summed E-state index contributed by atoms with van der Waals surface area (Å²) in [5.41, 5.74) is -3.63. The lowest BCUT2D eigenvalue weighted by Gasteiger charge is -2.32. The molecule has 2 atom stereocenters. The second-order valence-corrected chi connectivity index (χ2v) is 12.1. The van der Waals surface area contributed by atoms with Gasteiger partial charge in [-0.2, -0.15) is 0 Å². The van der Waals surface area contributed by atoms with E-state index < -0.39 is 58.6 Å². The molecular formula is C25H48N2O10. The largest absolute Gasteiger partial charge is 0.480 e. The molecule has 0 radical (unpaired) electrons. The Kier molecular flexibility index (Phi) is 13.6. The molecule has 0 heterocycles. The standard InChI is InChI=1S/C13H25NO5.C12H23NO5/c1-12(2,3)19-11(16)14(6)9(10(15)18-7)8-13(4,5)17;1-11(2,3)18-10(16)13(6)8(9(14)15)7-12(4,5)17/h9,17H,8H2,1-7H3;8,17H,7H2,1-6H3,(H,14,15)/t9-;8-/m00/s1. The summed E-state index contributed by atoms with van der Waals surface area (Å²) in [4.78, 5) is 48.7. The summed E-state index contributed by atoms with van der Waals surface area (Å²) < 4.78 is 14.9. The van der Waals surface area contributed by atoms with Crippen molar-refractivity contribution < 1.29 is 48.7 Å². The van der Waals surface area contributed by atoms with Gasteiger partial charge in [0, 0.05) is 26.9 Å². The highest BCUT2D eigenvalue weighted by molar-refractivity contribution is 5.81. The second-order valence-electron chi connectivity index (χ2n) is 12.1. The number of nitrogens with zero attached hydrogens (tertiary/aromatic N) is 2. The summed E-state index contributed by atoms with van der Waals surface area (Å²) in [6.07, 6.45) is -1.36. The number of aliphatic hydroxyl groups is 2. The number of rotatable bonds is 8. The Labute approximate surface area is 220 Å². The number of carbonyl (C=O) groups excluding carboxylic acids is 3. The quantitative estimate of drug-likeness (QED) is 0.310.